The molecule has 2 aliphatic heterocycles. The van der Waals surface area contributed by atoms with Crippen LogP contribution in [0.1, 0.15) is 169 Å². The molecule has 2 heterocycles. The van der Waals surface area contributed by atoms with Crippen molar-refractivity contribution in [2.45, 2.75) is 194 Å². The van der Waals surface area contributed by atoms with E-state index in [0.29, 0.717) is 49.6 Å². The van der Waals surface area contributed by atoms with Crippen molar-refractivity contribution < 1.29 is 72.8 Å². The largest absolute Gasteiger partial charge is 1.00 e. The molecule has 4 atom stereocenters. The Hall–Kier alpha value is -4.78. The van der Waals surface area contributed by atoms with Gasteiger partial charge >= 0.3 is 31.0 Å². The van der Waals surface area contributed by atoms with E-state index < -0.39 is 36.5 Å². The van der Waals surface area contributed by atoms with E-state index in [-0.39, 0.29) is 83.8 Å². The molecule has 16 heteroatoms. The molecule has 2 saturated carbocycles. The first-order chi connectivity index (χ1) is 36.8. The summed E-state index contributed by atoms with van der Waals surface area (Å²) in [6.45, 7) is 19.9. The van der Waals surface area contributed by atoms with Crippen LogP contribution in [-0.4, -0.2) is 147 Å². The maximum atomic E-state index is 14.2. The van der Waals surface area contributed by atoms with Gasteiger partial charge < -0.3 is 44.8 Å². The van der Waals surface area contributed by atoms with Crippen molar-refractivity contribution in [2.24, 2.45) is 35.5 Å². The van der Waals surface area contributed by atoms with Crippen LogP contribution in [0.4, 0.5) is 9.59 Å². The van der Waals surface area contributed by atoms with E-state index in [1.54, 1.807) is 23.9 Å². The van der Waals surface area contributed by atoms with Gasteiger partial charge in [-0.25, -0.2) is 9.59 Å². The van der Waals surface area contributed by atoms with Crippen LogP contribution in [0, 0.1) is 35.5 Å². The molecule has 4 amide bonds. The molecule has 0 spiro atoms. The van der Waals surface area contributed by atoms with E-state index in [9.17, 15) is 39.0 Å². The van der Waals surface area contributed by atoms with E-state index in [0.717, 1.165) is 77.0 Å². The summed E-state index contributed by atoms with van der Waals surface area (Å²) in [5.74, 6) is 0.574. The molecule has 3 N–H and O–H groups in total. The number of hydrogen-bond acceptors (Lipinski definition) is 11. The van der Waals surface area contributed by atoms with E-state index in [2.05, 4.69) is 52.0 Å². The van der Waals surface area contributed by atoms with Gasteiger partial charge in [-0.15, -0.1) is 0 Å². The third kappa shape index (κ3) is 15.8. The van der Waals surface area contributed by atoms with E-state index in [1.165, 1.54) is 44.5 Å². The zero-order valence-corrected chi connectivity index (χ0v) is 50.5. The zero-order chi connectivity index (χ0) is 57.0. The number of ketones is 2. The molecule has 80 heavy (non-hydrogen) atoms. The summed E-state index contributed by atoms with van der Waals surface area (Å²) in [5.41, 5.74) is 8.77. The van der Waals surface area contributed by atoms with Crippen LogP contribution in [0.3, 0.4) is 0 Å². The average Bonchev–Trinajstić information content (AvgIpc) is 3.95. The summed E-state index contributed by atoms with van der Waals surface area (Å²) in [5, 5.41) is 19.8. The second kappa shape index (κ2) is 28.0. The van der Waals surface area contributed by atoms with Crippen LogP contribution in [0.25, 0.3) is 11.1 Å². The first kappa shape index (κ1) is 66.0. The van der Waals surface area contributed by atoms with Gasteiger partial charge in [-0.3, -0.25) is 19.2 Å². The summed E-state index contributed by atoms with van der Waals surface area (Å²) < 4.78 is 11.0. The van der Waals surface area contributed by atoms with Crippen LogP contribution in [0.15, 0.2) is 59.7 Å². The maximum absolute atomic E-state index is 14.2. The molecule has 0 aromatic heterocycles. The number of rotatable bonds is 14. The van der Waals surface area contributed by atoms with Gasteiger partial charge in [0.05, 0.1) is 24.2 Å². The Bertz CT molecular complexity index is 2410. The van der Waals surface area contributed by atoms with Gasteiger partial charge in [0, 0.05) is 51.9 Å². The third-order valence-corrected chi connectivity index (χ3v) is 17.0. The van der Waals surface area contributed by atoms with Crippen LogP contribution in [0.5, 0.6) is 0 Å². The van der Waals surface area contributed by atoms with Crippen LogP contribution >= 0.6 is 0 Å². The quantitative estimate of drug-likeness (QED) is 0.179. The second-order valence-corrected chi connectivity index (χ2v) is 26.3. The summed E-state index contributed by atoms with van der Waals surface area (Å²) in [4.78, 5) is 86.5. The third-order valence-electron chi connectivity index (χ3n) is 17.0. The smallest absolute Gasteiger partial charge is 0.870 e. The van der Waals surface area contributed by atoms with Gasteiger partial charge in [-0.2, -0.15) is 0 Å². The van der Waals surface area contributed by atoms with Gasteiger partial charge in [-0.05, 0) is 187 Å². The summed E-state index contributed by atoms with van der Waals surface area (Å²) in [6, 6.07) is 15.2. The Labute approximate surface area is 489 Å². The number of aliphatic hydroxyl groups excluding tert-OH is 2. The van der Waals surface area contributed by atoms with Gasteiger partial charge in [0.15, 0.2) is 11.6 Å². The molecule has 2 aromatic carbocycles. The van der Waals surface area contributed by atoms with E-state index >= 15 is 0 Å². The van der Waals surface area contributed by atoms with Crippen molar-refractivity contribution in [1.82, 2.24) is 19.6 Å². The van der Waals surface area contributed by atoms with Crippen LogP contribution in [0.2, 0.25) is 0 Å². The molecule has 2 fully saturated rings. The number of benzene rings is 2. The molecule has 436 valence electrons. The molecular formula is C64H93LiN4O11. The van der Waals surface area contributed by atoms with Crippen LogP contribution in [-0.2, 0) is 41.5 Å². The minimum atomic E-state index is -0.632. The Balaban J connectivity index is 0.000000287. The number of ether oxygens (including phenoxy) is 2. The molecule has 4 unspecified atom stereocenters. The topological polar surface area (TPSA) is 204 Å². The average molecular weight is 1100 g/mol. The Morgan fingerprint density at radius 1 is 0.562 bits per heavy atom. The molecule has 6 aliphatic rings. The fourth-order valence-corrected chi connectivity index (χ4v) is 13.4. The van der Waals surface area contributed by atoms with Crippen molar-refractivity contribution in [2.75, 3.05) is 40.4 Å². The normalized spacial score (nSPS) is 24.2. The van der Waals surface area contributed by atoms with E-state index in [1.807, 2.05) is 75.6 Å². The monoisotopic (exact) mass is 1100 g/mol. The number of carbonyl (C=O) groups excluding carboxylic acids is 6. The molecule has 0 bridgehead atoms. The number of fused-ring (bicyclic) bond motifs is 4. The summed E-state index contributed by atoms with van der Waals surface area (Å²) in [7, 11) is 3.54. The van der Waals surface area contributed by atoms with E-state index in [4.69, 9.17) is 9.47 Å². The predicted molar refractivity (Wildman–Crippen MR) is 306 cm³/mol. The fraction of sp³-hybridized carbons (Fsp3) is 0.656. The van der Waals surface area contributed by atoms with Gasteiger partial charge in [0.25, 0.3) is 0 Å². The van der Waals surface area contributed by atoms with Gasteiger partial charge in [-0.1, -0.05) is 76.2 Å². The Morgan fingerprint density at radius 2 is 0.887 bits per heavy atom. The van der Waals surface area contributed by atoms with Crippen molar-refractivity contribution in [3.05, 3.63) is 81.9 Å². The minimum absolute atomic E-state index is 0. The number of hydrogen-bond donors (Lipinski definition) is 2. The first-order valence-electron chi connectivity index (χ1n) is 29.2. The molecule has 4 aliphatic carbocycles. The number of amides is 4. The number of Topliss-reactive ketones (excluding diaryl/α,β-unsaturated/α-hetero) is 2. The van der Waals surface area contributed by atoms with Gasteiger partial charge in [0.1, 0.15) is 24.4 Å². The number of aliphatic hydroxyl groups is 2. The van der Waals surface area contributed by atoms with Crippen molar-refractivity contribution in [1.29, 1.82) is 0 Å². The van der Waals surface area contributed by atoms with Crippen molar-refractivity contribution >= 4 is 46.7 Å². The van der Waals surface area contributed by atoms with Crippen molar-refractivity contribution in [3.63, 3.8) is 0 Å². The Kier molecular flexibility index (Phi) is 23.1. The standard InChI is InChI=1S/2C32H46N2O5.Li.H2O/c2*1-20(2)15-27-26-16-23-9-7-8-10-24(23)25(26)17-28(29(36)19-35)34(27)30(37)22-13-11-21(12-14-22)18-33(6)31(38)39-32(3,4)5;;/h2*7-10,20-22,27-28,35H,11-19H2,1-6H3;;1H2/q;;+1;/p-1. The van der Waals surface area contributed by atoms with Crippen molar-refractivity contribution in [3.8, 4) is 0 Å². The molecular weight excluding hydrogens is 1010 g/mol. The minimum Gasteiger partial charge on any atom is -0.870 e. The number of nitrogens with zero attached hydrogens (tertiary/aromatic N) is 4. The zero-order valence-electron chi connectivity index (χ0n) is 50.5. The first-order valence-corrected chi connectivity index (χ1v) is 29.2. The molecule has 15 nitrogen and oxygen atoms in total. The van der Waals surface area contributed by atoms with Gasteiger partial charge in [0.2, 0.25) is 11.8 Å². The predicted octanol–water partition coefficient (Wildman–Crippen LogP) is 7.32. The molecule has 0 saturated heterocycles. The maximum Gasteiger partial charge on any atom is 1.00 e. The fourth-order valence-electron chi connectivity index (χ4n) is 13.4. The second-order valence-electron chi connectivity index (χ2n) is 26.3. The SMILES string of the molecule is CC(C)CC1C2=C(CC(C(=O)CO)N1C(=O)C1CCC(CN(C)C(=O)OC(C)(C)C)CC1)c1ccccc1C2.CC(C)CC1C2=C(CC(C(=O)CO)N1C(=O)C1CCC(CN(C)C(=O)OC(C)(C)C)CC1)c1ccccc1C2.[Li+].[OH-]. The Morgan fingerprint density at radius 3 is 1.19 bits per heavy atom. The molecule has 8 rings (SSSR count). The number of carbonyl (C=O) groups is 6. The molecule has 0 radical (unpaired) electrons. The summed E-state index contributed by atoms with van der Waals surface area (Å²) in [6.07, 6.45) is 9.89. The summed E-state index contributed by atoms with van der Waals surface area (Å²) >= 11 is 0. The molecule has 2 aromatic rings. The van der Waals surface area contributed by atoms with Crippen LogP contribution < -0.4 is 18.9 Å².